The van der Waals surface area contributed by atoms with Crippen molar-refractivity contribution < 1.29 is 19.1 Å². The van der Waals surface area contributed by atoms with Crippen LogP contribution in [0.3, 0.4) is 0 Å². The summed E-state index contributed by atoms with van der Waals surface area (Å²) in [6, 6.07) is 0. The lowest BCUT2D eigenvalue weighted by Crippen LogP contribution is -2.55. The van der Waals surface area contributed by atoms with Crippen molar-refractivity contribution in [3.05, 3.63) is 0 Å². The van der Waals surface area contributed by atoms with E-state index in [1.807, 2.05) is 0 Å². The van der Waals surface area contributed by atoms with E-state index in [0.717, 1.165) is 0 Å². The molecule has 1 rings (SSSR count). The summed E-state index contributed by atoms with van der Waals surface area (Å²) in [5, 5.41) is 2.14. The number of hydrogen-bond acceptors (Lipinski definition) is 4. The van der Waals surface area contributed by atoms with Gasteiger partial charge in [-0.2, -0.15) is 0 Å². The Balaban J connectivity index is 3.01. The van der Waals surface area contributed by atoms with Crippen LogP contribution in [0.1, 0.15) is 20.3 Å². The van der Waals surface area contributed by atoms with Gasteiger partial charge in [-0.25, -0.2) is 0 Å². The van der Waals surface area contributed by atoms with Crippen LogP contribution < -0.4 is 5.32 Å². The Morgan fingerprint density at radius 1 is 1.57 bits per heavy atom. The van der Waals surface area contributed by atoms with Crippen LogP contribution in [-0.4, -0.2) is 24.9 Å². The third-order valence-electron chi connectivity index (χ3n) is 2.81. The molecule has 1 heterocycles. The number of imide groups is 1. The lowest BCUT2D eigenvalue weighted by Gasteiger charge is -2.34. The van der Waals surface area contributed by atoms with E-state index >= 15 is 0 Å². The molecule has 0 aromatic carbocycles. The largest absolute Gasteiger partial charge is 0.468 e. The van der Waals surface area contributed by atoms with E-state index in [1.54, 1.807) is 6.92 Å². The fourth-order valence-electron chi connectivity index (χ4n) is 1.52. The number of carbonyl (C=O) groups is 3. The molecule has 78 valence electrons. The van der Waals surface area contributed by atoms with Crippen molar-refractivity contribution >= 4 is 17.8 Å². The Bertz CT molecular complexity index is 299. The van der Waals surface area contributed by atoms with E-state index in [1.165, 1.54) is 14.0 Å². The molecular formula is C9H13NO4. The van der Waals surface area contributed by atoms with Gasteiger partial charge in [-0.05, 0) is 12.8 Å². The number of nitrogens with one attached hydrogen (secondary N) is 1. The Kier molecular flexibility index (Phi) is 2.59. The molecule has 1 saturated heterocycles. The summed E-state index contributed by atoms with van der Waals surface area (Å²) in [6.07, 6.45) is 0.164. The van der Waals surface area contributed by atoms with Gasteiger partial charge in [0, 0.05) is 6.42 Å². The molecule has 5 nitrogen and oxygen atoms in total. The Morgan fingerprint density at radius 3 is 2.57 bits per heavy atom. The van der Waals surface area contributed by atoms with Gasteiger partial charge >= 0.3 is 5.97 Å². The average molecular weight is 199 g/mol. The maximum atomic E-state index is 11.5. The molecule has 1 aliphatic heterocycles. The van der Waals surface area contributed by atoms with Crippen LogP contribution in [0, 0.1) is 11.3 Å². The standard InChI is InChI=1S/C9H13NO4/c1-5-4-6(11)10-7(12)9(5,2)8(13)14-3/h5H,4H2,1-3H3,(H,10,11,12)/t5-,9-/m1/s1. The molecule has 0 aromatic rings. The van der Waals surface area contributed by atoms with Crippen molar-refractivity contribution in [1.29, 1.82) is 0 Å². The van der Waals surface area contributed by atoms with Crippen molar-refractivity contribution in [2.45, 2.75) is 20.3 Å². The lowest BCUT2D eigenvalue weighted by atomic mass is 9.73. The highest BCUT2D eigenvalue weighted by molar-refractivity contribution is 6.10. The zero-order valence-electron chi connectivity index (χ0n) is 8.42. The van der Waals surface area contributed by atoms with Gasteiger partial charge in [0.05, 0.1) is 7.11 Å². The first-order valence-electron chi connectivity index (χ1n) is 4.35. The Hall–Kier alpha value is -1.39. The van der Waals surface area contributed by atoms with Gasteiger partial charge in [-0.15, -0.1) is 0 Å². The molecule has 5 heteroatoms. The quantitative estimate of drug-likeness (QED) is 0.362. The molecule has 14 heavy (non-hydrogen) atoms. The Labute approximate surface area is 81.8 Å². The molecule has 0 aliphatic carbocycles. The molecule has 0 saturated carbocycles. The first kappa shape index (κ1) is 10.7. The fourth-order valence-corrected chi connectivity index (χ4v) is 1.52. The van der Waals surface area contributed by atoms with E-state index < -0.39 is 17.3 Å². The van der Waals surface area contributed by atoms with Gasteiger partial charge in [0.15, 0.2) is 0 Å². The lowest BCUT2D eigenvalue weighted by molar-refractivity contribution is -0.164. The van der Waals surface area contributed by atoms with Crippen LogP contribution >= 0.6 is 0 Å². The summed E-state index contributed by atoms with van der Waals surface area (Å²) >= 11 is 0. The monoisotopic (exact) mass is 199 g/mol. The predicted octanol–water partition coefficient (Wildman–Crippen LogP) is -0.152. The van der Waals surface area contributed by atoms with Gasteiger partial charge < -0.3 is 4.74 Å². The highest BCUT2D eigenvalue weighted by Gasteiger charge is 2.51. The number of amides is 2. The van der Waals surface area contributed by atoms with E-state index in [9.17, 15) is 14.4 Å². The minimum Gasteiger partial charge on any atom is -0.468 e. The summed E-state index contributed by atoms with van der Waals surface area (Å²) in [6.45, 7) is 3.18. The highest BCUT2D eigenvalue weighted by atomic mass is 16.5. The summed E-state index contributed by atoms with van der Waals surface area (Å²) in [5.41, 5.74) is -1.25. The van der Waals surface area contributed by atoms with E-state index in [4.69, 9.17) is 0 Å². The average Bonchev–Trinajstić information content (AvgIpc) is 2.12. The molecule has 1 fully saturated rings. The topological polar surface area (TPSA) is 72.5 Å². The van der Waals surface area contributed by atoms with Gasteiger partial charge in [0.25, 0.3) is 0 Å². The van der Waals surface area contributed by atoms with Crippen LogP contribution in [0.15, 0.2) is 0 Å². The van der Waals surface area contributed by atoms with Crippen molar-refractivity contribution in [2.75, 3.05) is 7.11 Å². The first-order chi connectivity index (χ1) is 6.42. The molecule has 0 spiro atoms. The number of hydrogen-bond donors (Lipinski definition) is 1. The summed E-state index contributed by atoms with van der Waals surface area (Å²) in [7, 11) is 1.23. The molecule has 0 unspecified atom stereocenters. The van der Waals surface area contributed by atoms with Crippen LogP contribution in [0.25, 0.3) is 0 Å². The molecule has 1 N–H and O–H groups in total. The second-order valence-corrected chi connectivity index (χ2v) is 3.68. The zero-order chi connectivity index (χ0) is 10.9. The zero-order valence-corrected chi connectivity index (χ0v) is 8.42. The number of rotatable bonds is 1. The number of piperidine rings is 1. The minimum absolute atomic E-state index is 0.164. The second-order valence-electron chi connectivity index (χ2n) is 3.68. The van der Waals surface area contributed by atoms with Crippen LogP contribution in [0.2, 0.25) is 0 Å². The first-order valence-corrected chi connectivity index (χ1v) is 4.35. The highest BCUT2D eigenvalue weighted by Crippen LogP contribution is 2.34. The molecule has 0 radical (unpaired) electrons. The predicted molar refractivity (Wildman–Crippen MR) is 47.1 cm³/mol. The van der Waals surface area contributed by atoms with Gasteiger partial charge in [0.2, 0.25) is 11.8 Å². The van der Waals surface area contributed by atoms with Crippen molar-refractivity contribution in [3.63, 3.8) is 0 Å². The van der Waals surface area contributed by atoms with Gasteiger partial charge in [-0.1, -0.05) is 6.92 Å². The third kappa shape index (κ3) is 1.38. The van der Waals surface area contributed by atoms with Crippen molar-refractivity contribution in [1.82, 2.24) is 5.32 Å². The minimum atomic E-state index is -1.25. The van der Waals surface area contributed by atoms with Gasteiger partial charge in [0.1, 0.15) is 5.41 Å². The number of methoxy groups -OCH3 is 1. The maximum Gasteiger partial charge on any atom is 0.321 e. The van der Waals surface area contributed by atoms with E-state index in [-0.39, 0.29) is 18.2 Å². The smallest absolute Gasteiger partial charge is 0.321 e. The molecule has 2 atom stereocenters. The van der Waals surface area contributed by atoms with Crippen molar-refractivity contribution in [2.24, 2.45) is 11.3 Å². The SMILES string of the molecule is COC(=O)[C@@]1(C)C(=O)NC(=O)C[C@H]1C. The van der Waals surface area contributed by atoms with Crippen LogP contribution in [0.4, 0.5) is 0 Å². The summed E-state index contributed by atoms with van der Waals surface area (Å²) in [4.78, 5) is 33.9. The normalized spacial score (nSPS) is 32.4. The Morgan fingerprint density at radius 2 is 2.14 bits per heavy atom. The molecule has 0 bridgehead atoms. The van der Waals surface area contributed by atoms with Crippen LogP contribution in [-0.2, 0) is 19.1 Å². The number of esters is 1. The van der Waals surface area contributed by atoms with Crippen LogP contribution in [0.5, 0.6) is 0 Å². The van der Waals surface area contributed by atoms with E-state index in [0.29, 0.717) is 0 Å². The third-order valence-corrected chi connectivity index (χ3v) is 2.81. The number of carbonyl (C=O) groups excluding carboxylic acids is 3. The number of ether oxygens (including phenoxy) is 1. The maximum absolute atomic E-state index is 11.5. The van der Waals surface area contributed by atoms with Gasteiger partial charge in [-0.3, -0.25) is 19.7 Å². The van der Waals surface area contributed by atoms with Crippen molar-refractivity contribution in [3.8, 4) is 0 Å². The fraction of sp³-hybridized carbons (Fsp3) is 0.667. The molecule has 0 aromatic heterocycles. The molecule has 2 amide bonds. The summed E-state index contributed by atoms with van der Waals surface area (Å²) in [5.74, 6) is -1.86. The summed E-state index contributed by atoms with van der Waals surface area (Å²) < 4.78 is 4.56. The second kappa shape index (κ2) is 3.40. The molecule has 1 aliphatic rings. The van der Waals surface area contributed by atoms with E-state index in [2.05, 4.69) is 10.1 Å². The molecular weight excluding hydrogens is 186 g/mol.